The molecule has 0 aromatic heterocycles. The van der Waals surface area contributed by atoms with E-state index >= 15 is 0 Å². The number of rotatable bonds is 12. The number of nitrogens with one attached hydrogen (secondary N) is 1. The topological polar surface area (TPSA) is 66.4 Å². The van der Waals surface area contributed by atoms with E-state index in [2.05, 4.69) is 24.4 Å². The van der Waals surface area contributed by atoms with E-state index in [1.165, 1.54) is 0 Å². The van der Waals surface area contributed by atoms with E-state index in [0.717, 1.165) is 31.3 Å². The van der Waals surface area contributed by atoms with Crippen molar-refractivity contribution in [2.75, 3.05) is 0 Å². The lowest BCUT2D eigenvalue weighted by Crippen LogP contribution is -2.29. The minimum Gasteiger partial charge on any atom is -0.392 e. The van der Waals surface area contributed by atoms with Crippen molar-refractivity contribution in [1.29, 1.82) is 0 Å². The number of ketones is 1. The molecule has 4 heteroatoms. The van der Waals surface area contributed by atoms with Crippen molar-refractivity contribution in [1.82, 2.24) is 5.32 Å². The Labute approximate surface area is 164 Å². The van der Waals surface area contributed by atoms with E-state index in [1.807, 2.05) is 38.2 Å². The van der Waals surface area contributed by atoms with E-state index in [9.17, 15) is 14.7 Å². The van der Waals surface area contributed by atoms with Crippen molar-refractivity contribution in [3.8, 4) is 0 Å². The van der Waals surface area contributed by atoms with Crippen LogP contribution in [0.5, 0.6) is 0 Å². The summed E-state index contributed by atoms with van der Waals surface area (Å²) < 4.78 is 0. The summed E-state index contributed by atoms with van der Waals surface area (Å²) in [5.74, 6) is 0.242. The van der Waals surface area contributed by atoms with Crippen molar-refractivity contribution < 1.29 is 14.7 Å². The summed E-state index contributed by atoms with van der Waals surface area (Å²) in [6, 6.07) is 0.186. The maximum absolute atomic E-state index is 12.0. The molecule has 2 N–H and O–H groups in total. The van der Waals surface area contributed by atoms with Crippen LogP contribution >= 0.6 is 0 Å². The Morgan fingerprint density at radius 2 is 2.00 bits per heavy atom. The van der Waals surface area contributed by atoms with Crippen molar-refractivity contribution in [3.63, 3.8) is 0 Å². The molecular formula is C23H35NO3. The fourth-order valence-corrected chi connectivity index (χ4v) is 2.96. The van der Waals surface area contributed by atoms with Crippen molar-refractivity contribution in [2.45, 2.75) is 77.9 Å². The third-order valence-corrected chi connectivity index (χ3v) is 4.37. The molecular weight excluding hydrogens is 338 g/mol. The number of carbonyl (C=O) groups excluding carboxylic acids is 2. The lowest BCUT2D eigenvalue weighted by Gasteiger charge is -2.10. The first-order chi connectivity index (χ1) is 12.9. The largest absolute Gasteiger partial charge is 0.392 e. The number of carbonyl (C=O) groups is 2. The predicted octanol–water partition coefficient (Wildman–Crippen LogP) is 4.42. The summed E-state index contributed by atoms with van der Waals surface area (Å²) in [5.41, 5.74) is 0.787. The molecule has 0 radical (unpaired) electrons. The summed E-state index contributed by atoms with van der Waals surface area (Å²) in [6.07, 6.45) is 18.3. The SMILES string of the molecule is CC/C=C\C[C@H](O)C/C=C1/C(=O)C=C[C@@H]1C/C=C\CCCC(=O)NC(C)C. The Balaban J connectivity index is 2.37. The Kier molecular flexibility index (Phi) is 11.3. The Bertz CT molecular complexity index is 584. The molecule has 1 aliphatic carbocycles. The zero-order valence-corrected chi connectivity index (χ0v) is 17.0. The molecule has 1 aliphatic rings. The van der Waals surface area contributed by atoms with Crippen molar-refractivity contribution in [2.24, 2.45) is 5.92 Å². The number of aliphatic hydroxyl groups is 1. The summed E-state index contributed by atoms with van der Waals surface area (Å²) in [7, 11) is 0. The highest BCUT2D eigenvalue weighted by atomic mass is 16.3. The third kappa shape index (κ3) is 10.1. The second-order valence-corrected chi connectivity index (χ2v) is 7.32. The van der Waals surface area contributed by atoms with Crippen LogP contribution in [-0.4, -0.2) is 28.9 Å². The number of unbranched alkanes of at least 4 members (excludes halogenated alkanes) is 1. The molecule has 0 aromatic rings. The van der Waals surface area contributed by atoms with Gasteiger partial charge in [-0.05, 0) is 58.4 Å². The van der Waals surface area contributed by atoms with Gasteiger partial charge < -0.3 is 10.4 Å². The summed E-state index contributed by atoms with van der Waals surface area (Å²) in [4.78, 5) is 23.6. The predicted molar refractivity (Wildman–Crippen MR) is 111 cm³/mol. The first-order valence-corrected chi connectivity index (χ1v) is 10.1. The molecule has 4 nitrogen and oxygen atoms in total. The molecule has 0 spiro atoms. The highest BCUT2D eigenvalue weighted by Gasteiger charge is 2.21. The molecule has 150 valence electrons. The van der Waals surface area contributed by atoms with Gasteiger partial charge in [0.25, 0.3) is 0 Å². The van der Waals surface area contributed by atoms with Gasteiger partial charge in [0.1, 0.15) is 0 Å². The van der Waals surface area contributed by atoms with Gasteiger partial charge in [-0.25, -0.2) is 0 Å². The average Bonchev–Trinajstić information content (AvgIpc) is 2.95. The Morgan fingerprint density at radius 1 is 1.22 bits per heavy atom. The average molecular weight is 374 g/mol. The number of amides is 1. The fourth-order valence-electron chi connectivity index (χ4n) is 2.96. The van der Waals surface area contributed by atoms with Crippen LogP contribution in [0.25, 0.3) is 0 Å². The van der Waals surface area contributed by atoms with E-state index in [1.54, 1.807) is 6.08 Å². The fraction of sp³-hybridized carbons (Fsp3) is 0.565. The molecule has 0 aromatic carbocycles. The van der Waals surface area contributed by atoms with Crippen molar-refractivity contribution in [3.05, 3.63) is 48.1 Å². The van der Waals surface area contributed by atoms with Gasteiger partial charge in [0.05, 0.1) is 6.10 Å². The van der Waals surface area contributed by atoms with E-state index in [-0.39, 0.29) is 23.7 Å². The van der Waals surface area contributed by atoms with Crippen molar-refractivity contribution >= 4 is 11.7 Å². The summed E-state index contributed by atoms with van der Waals surface area (Å²) in [5, 5.41) is 12.9. The minimum absolute atomic E-state index is 0.0510. The van der Waals surface area contributed by atoms with Gasteiger partial charge >= 0.3 is 0 Å². The number of hydrogen-bond donors (Lipinski definition) is 2. The van der Waals surface area contributed by atoms with Crippen LogP contribution in [0.2, 0.25) is 0 Å². The van der Waals surface area contributed by atoms with Crippen LogP contribution in [0.3, 0.4) is 0 Å². The lowest BCUT2D eigenvalue weighted by atomic mass is 9.96. The molecule has 0 bridgehead atoms. The third-order valence-electron chi connectivity index (χ3n) is 4.37. The standard InChI is InChI=1S/C23H35NO3/c1-4-5-8-12-20(25)15-16-21-19(14-17-22(21)26)11-9-6-7-10-13-23(27)24-18(2)3/h5-6,8-9,14,16-20,25H,4,7,10-13,15H2,1-3H3,(H,24,27)/b8-5-,9-6-,21-16+/t19-,20-/m0/s1. The van der Waals surface area contributed by atoms with Gasteiger partial charge in [-0.15, -0.1) is 0 Å². The first kappa shape index (κ1) is 23.1. The number of aliphatic hydroxyl groups excluding tert-OH is 1. The normalized spacial score (nSPS) is 19.8. The monoisotopic (exact) mass is 373 g/mol. The lowest BCUT2D eigenvalue weighted by molar-refractivity contribution is -0.121. The second-order valence-electron chi connectivity index (χ2n) is 7.32. The zero-order valence-electron chi connectivity index (χ0n) is 17.0. The smallest absolute Gasteiger partial charge is 0.220 e. The van der Waals surface area contributed by atoms with Gasteiger partial charge in [-0.2, -0.15) is 0 Å². The summed E-state index contributed by atoms with van der Waals surface area (Å²) in [6.45, 7) is 5.98. The van der Waals surface area contributed by atoms with Crippen LogP contribution < -0.4 is 5.32 Å². The van der Waals surface area contributed by atoms with Gasteiger partial charge in [0, 0.05) is 24.0 Å². The Hall–Kier alpha value is -1.94. The van der Waals surface area contributed by atoms with Gasteiger partial charge in [-0.1, -0.05) is 43.4 Å². The molecule has 27 heavy (non-hydrogen) atoms. The maximum atomic E-state index is 12.0. The van der Waals surface area contributed by atoms with Crippen LogP contribution in [-0.2, 0) is 9.59 Å². The van der Waals surface area contributed by atoms with Gasteiger partial charge in [-0.3, -0.25) is 9.59 Å². The van der Waals surface area contributed by atoms with Crippen LogP contribution in [0.4, 0.5) is 0 Å². The molecule has 0 aliphatic heterocycles. The van der Waals surface area contributed by atoms with Gasteiger partial charge in [0.15, 0.2) is 5.78 Å². The van der Waals surface area contributed by atoms with E-state index in [4.69, 9.17) is 0 Å². The molecule has 2 atom stereocenters. The molecule has 0 fully saturated rings. The maximum Gasteiger partial charge on any atom is 0.220 e. The molecule has 0 saturated heterocycles. The molecule has 0 unspecified atom stereocenters. The van der Waals surface area contributed by atoms with Crippen LogP contribution in [0, 0.1) is 5.92 Å². The highest BCUT2D eigenvalue weighted by molar-refractivity contribution is 6.07. The van der Waals surface area contributed by atoms with E-state index < -0.39 is 6.10 Å². The molecule has 0 heterocycles. The number of allylic oxidation sites excluding steroid dienone is 6. The van der Waals surface area contributed by atoms with E-state index in [0.29, 0.717) is 19.3 Å². The molecule has 1 rings (SSSR count). The molecule has 0 saturated carbocycles. The van der Waals surface area contributed by atoms with Crippen LogP contribution in [0.15, 0.2) is 48.1 Å². The quantitative estimate of drug-likeness (QED) is 0.302. The minimum atomic E-state index is -0.443. The summed E-state index contributed by atoms with van der Waals surface area (Å²) >= 11 is 0. The Morgan fingerprint density at radius 3 is 2.70 bits per heavy atom. The second kappa shape index (κ2) is 13.3. The van der Waals surface area contributed by atoms with Crippen LogP contribution in [0.1, 0.15) is 65.7 Å². The molecule has 1 amide bonds. The zero-order chi connectivity index (χ0) is 20.1. The number of hydrogen-bond acceptors (Lipinski definition) is 3. The van der Waals surface area contributed by atoms with Gasteiger partial charge in [0.2, 0.25) is 5.91 Å². The first-order valence-electron chi connectivity index (χ1n) is 10.1. The highest BCUT2D eigenvalue weighted by Crippen LogP contribution is 2.26.